The number of hydrogen-bond donors (Lipinski definition) is 1. The average molecular weight is 241 g/mol. The molecule has 1 rings (SSSR count). The van der Waals surface area contributed by atoms with E-state index in [4.69, 9.17) is 5.73 Å². The van der Waals surface area contributed by atoms with Gasteiger partial charge in [0.2, 0.25) is 5.91 Å². The van der Waals surface area contributed by atoms with E-state index in [-0.39, 0.29) is 5.91 Å². The molecular formula is C13H27N3O. The molecule has 0 saturated carbocycles. The van der Waals surface area contributed by atoms with E-state index >= 15 is 0 Å². The zero-order chi connectivity index (χ0) is 12.8. The molecule has 4 heteroatoms. The second-order valence-electron chi connectivity index (χ2n) is 5.35. The van der Waals surface area contributed by atoms with E-state index in [1.165, 1.54) is 6.42 Å². The van der Waals surface area contributed by atoms with Crippen molar-refractivity contribution in [3.05, 3.63) is 0 Å². The summed E-state index contributed by atoms with van der Waals surface area (Å²) >= 11 is 0. The van der Waals surface area contributed by atoms with Gasteiger partial charge in [-0.25, -0.2) is 0 Å². The van der Waals surface area contributed by atoms with Gasteiger partial charge < -0.3 is 10.6 Å². The van der Waals surface area contributed by atoms with Crippen LogP contribution in [0.2, 0.25) is 0 Å². The number of amides is 1. The molecule has 0 aromatic heterocycles. The summed E-state index contributed by atoms with van der Waals surface area (Å²) in [5.74, 6) is 0.825. The highest BCUT2D eigenvalue weighted by Crippen LogP contribution is 2.18. The van der Waals surface area contributed by atoms with E-state index in [0.29, 0.717) is 18.5 Å². The van der Waals surface area contributed by atoms with Crippen LogP contribution in [0.3, 0.4) is 0 Å². The van der Waals surface area contributed by atoms with Crippen molar-refractivity contribution in [3.8, 4) is 0 Å². The zero-order valence-corrected chi connectivity index (χ0v) is 11.5. The minimum absolute atomic E-state index is 0.213. The molecule has 1 heterocycles. The summed E-state index contributed by atoms with van der Waals surface area (Å²) in [5, 5.41) is 0. The molecule has 4 nitrogen and oxygen atoms in total. The largest absolute Gasteiger partial charge is 0.343 e. The molecule has 0 bridgehead atoms. The molecule has 0 aliphatic carbocycles. The van der Waals surface area contributed by atoms with Crippen LogP contribution in [0.15, 0.2) is 0 Å². The lowest BCUT2D eigenvalue weighted by Crippen LogP contribution is -2.45. The molecule has 17 heavy (non-hydrogen) atoms. The summed E-state index contributed by atoms with van der Waals surface area (Å²) in [6.45, 7) is 10.7. The molecule has 1 aliphatic heterocycles. The van der Waals surface area contributed by atoms with Gasteiger partial charge >= 0.3 is 0 Å². The standard InChI is InChI=1S/C13H27N3O/c1-11(2)15(8-6-14)9-13-5-4-7-16(10-13)12(3)17/h11,13H,4-10,14H2,1-3H3/t13-/m0/s1. The Balaban J connectivity index is 2.46. The van der Waals surface area contributed by atoms with Crippen molar-refractivity contribution in [1.29, 1.82) is 0 Å². The van der Waals surface area contributed by atoms with Gasteiger partial charge in [-0.3, -0.25) is 9.69 Å². The van der Waals surface area contributed by atoms with Crippen molar-refractivity contribution in [3.63, 3.8) is 0 Å². The van der Waals surface area contributed by atoms with E-state index in [2.05, 4.69) is 18.7 Å². The van der Waals surface area contributed by atoms with Gasteiger partial charge in [0.15, 0.2) is 0 Å². The Labute approximate surface area is 105 Å². The van der Waals surface area contributed by atoms with Crippen molar-refractivity contribution in [2.24, 2.45) is 11.7 Å². The maximum atomic E-state index is 11.4. The lowest BCUT2D eigenvalue weighted by molar-refractivity contribution is -0.130. The van der Waals surface area contributed by atoms with E-state index in [1.54, 1.807) is 6.92 Å². The third-order valence-corrected chi connectivity index (χ3v) is 3.60. The Bertz CT molecular complexity index is 243. The van der Waals surface area contributed by atoms with Crippen LogP contribution >= 0.6 is 0 Å². The second kappa shape index (κ2) is 6.97. The molecule has 2 N–H and O–H groups in total. The number of nitrogens with zero attached hydrogens (tertiary/aromatic N) is 2. The third-order valence-electron chi connectivity index (χ3n) is 3.60. The maximum absolute atomic E-state index is 11.4. The van der Waals surface area contributed by atoms with Gasteiger partial charge in [0.25, 0.3) is 0 Å². The lowest BCUT2D eigenvalue weighted by atomic mass is 9.97. The highest BCUT2D eigenvalue weighted by molar-refractivity contribution is 5.73. The van der Waals surface area contributed by atoms with E-state index < -0.39 is 0 Å². The Morgan fingerprint density at radius 2 is 2.24 bits per heavy atom. The zero-order valence-electron chi connectivity index (χ0n) is 11.5. The first-order valence-electron chi connectivity index (χ1n) is 6.74. The van der Waals surface area contributed by atoms with Crippen LogP contribution in [0.1, 0.15) is 33.6 Å². The molecule has 1 aliphatic rings. The van der Waals surface area contributed by atoms with Gasteiger partial charge in [-0.15, -0.1) is 0 Å². The van der Waals surface area contributed by atoms with Gasteiger partial charge in [-0.1, -0.05) is 0 Å². The summed E-state index contributed by atoms with van der Waals surface area (Å²) in [6, 6.07) is 0.534. The molecule has 100 valence electrons. The monoisotopic (exact) mass is 241 g/mol. The highest BCUT2D eigenvalue weighted by atomic mass is 16.2. The van der Waals surface area contributed by atoms with E-state index in [0.717, 1.165) is 32.6 Å². The topological polar surface area (TPSA) is 49.6 Å². The number of carbonyl (C=O) groups is 1. The molecule has 0 aromatic carbocycles. The molecule has 1 atom stereocenters. The number of piperidine rings is 1. The lowest BCUT2D eigenvalue weighted by Gasteiger charge is -2.36. The molecule has 0 radical (unpaired) electrons. The maximum Gasteiger partial charge on any atom is 0.219 e. The van der Waals surface area contributed by atoms with Gasteiger partial charge in [0, 0.05) is 45.7 Å². The van der Waals surface area contributed by atoms with Crippen molar-refractivity contribution < 1.29 is 4.79 Å². The van der Waals surface area contributed by atoms with Crippen molar-refractivity contribution in [2.75, 3.05) is 32.7 Å². The SMILES string of the molecule is CC(=O)N1CCC[C@@H](CN(CCN)C(C)C)C1. The molecule has 0 unspecified atom stereocenters. The summed E-state index contributed by atoms with van der Waals surface area (Å²) < 4.78 is 0. The van der Waals surface area contributed by atoms with Crippen LogP contribution in [0, 0.1) is 5.92 Å². The first-order chi connectivity index (χ1) is 8.04. The number of rotatable bonds is 5. The van der Waals surface area contributed by atoms with Crippen molar-refractivity contribution in [2.45, 2.75) is 39.7 Å². The Morgan fingerprint density at radius 3 is 2.76 bits per heavy atom. The van der Waals surface area contributed by atoms with Crippen molar-refractivity contribution >= 4 is 5.91 Å². The first kappa shape index (κ1) is 14.5. The number of carbonyl (C=O) groups excluding carboxylic acids is 1. The average Bonchev–Trinajstić information content (AvgIpc) is 2.28. The second-order valence-corrected chi connectivity index (χ2v) is 5.35. The fraction of sp³-hybridized carbons (Fsp3) is 0.923. The van der Waals surface area contributed by atoms with Gasteiger partial charge in [0.05, 0.1) is 0 Å². The minimum atomic E-state index is 0.213. The van der Waals surface area contributed by atoms with Crippen LogP contribution in [0.5, 0.6) is 0 Å². The molecule has 0 spiro atoms. The predicted molar refractivity (Wildman–Crippen MR) is 70.7 cm³/mol. The number of likely N-dealkylation sites (tertiary alicyclic amines) is 1. The normalized spacial score (nSPS) is 21.3. The Kier molecular flexibility index (Phi) is 5.92. The van der Waals surface area contributed by atoms with Gasteiger partial charge in [0.1, 0.15) is 0 Å². The van der Waals surface area contributed by atoms with E-state index in [9.17, 15) is 4.79 Å². The molecule has 1 saturated heterocycles. The first-order valence-corrected chi connectivity index (χ1v) is 6.74. The summed E-state index contributed by atoms with van der Waals surface area (Å²) in [6.07, 6.45) is 2.37. The summed E-state index contributed by atoms with van der Waals surface area (Å²) in [7, 11) is 0. The summed E-state index contributed by atoms with van der Waals surface area (Å²) in [5.41, 5.74) is 5.64. The highest BCUT2D eigenvalue weighted by Gasteiger charge is 2.23. The van der Waals surface area contributed by atoms with Crippen LogP contribution < -0.4 is 5.73 Å². The van der Waals surface area contributed by atoms with Crippen LogP contribution in [0.25, 0.3) is 0 Å². The molecule has 0 aromatic rings. The fourth-order valence-electron chi connectivity index (χ4n) is 2.56. The Hall–Kier alpha value is -0.610. The molecule has 1 fully saturated rings. The van der Waals surface area contributed by atoms with Crippen LogP contribution in [0.4, 0.5) is 0 Å². The minimum Gasteiger partial charge on any atom is -0.343 e. The van der Waals surface area contributed by atoms with Crippen molar-refractivity contribution in [1.82, 2.24) is 9.80 Å². The van der Waals surface area contributed by atoms with E-state index in [1.807, 2.05) is 4.90 Å². The summed E-state index contributed by atoms with van der Waals surface area (Å²) in [4.78, 5) is 15.8. The third kappa shape index (κ3) is 4.64. The molecule has 1 amide bonds. The molecular weight excluding hydrogens is 214 g/mol. The van der Waals surface area contributed by atoms with Gasteiger partial charge in [-0.05, 0) is 32.6 Å². The fourth-order valence-corrected chi connectivity index (χ4v) is 2.56. The smallest absolute Gasteiger partial charge is 0.219 e. The van der Waals surface area contributed by atoms with Crippen LogP contribution in [-0.2, 0) is 4.79 Å². The Morgan fingerprint density at radius 1 is 1.53 bits per heavy atom. The van der Waals surface area contributed by atoms with Crippen LogP contribution in [-0.4, -0.2) is 54.5 Å². The quantitative estimate of drug-likeness (QED) is 0.778. The number of nitrogens with two attached hydrogens (primary N) is 1. The van der Waals surface area contributed by atoms with Gasteiger partial charge in [-0.2, -0.15) is 0 Å². The predicted octanol–water partition coefficient (Wildman–Crippen LogP) is 0.914. The number of hydrogen-bond acceptors (Lipinski definition) is 3.